The summed E-state index contributed by atoms with van der Waals surface area (Å²) in [5.74, 6) is -1.31. The van der Waals surface area contributed by atoms with Gasteiger partial charge in [0.1, 0.15) is 0 Å². The van der Waals surface area contributed by atoms with E-state index in [1.807, 2.05) is 49.4 Å². The van der Waals surface area contributed by atoms with Gasteiger partial charge >= 0.3 is 11.8 Å². The minimum Gasteiger partial charge on any atom is -0.340 e. The van der Waals surface area contributed by atoms with Crippen LogP contribution in [0, 0.1) is 6.92 Å². The van der Waals surface area contributed by atoms with Crippen LogP contribution < -0.4 is 10.6 Å². The summed E-state index contributed by atoms with van der Waals surface area (Å²) in [6, 6.07) is 14.9. The highest BCUT2D eigenvalue weighted by Gasteiger charge is 2.23. The van der Waals surface area contributed by atoms with Crippen molar-refractivity contribution in [3.63, 3.8) is 0 Å². The van der Waals surface area contributed by atoms with Gasteiger partial charge in [-0.25, -0.2) is 0 Å². The van der Waals surface area contributed by atoms with E-state index in [0.29, 0.717) is 12.2 Å². The first-order chi connectivity index (χ1) is 14.1. The van der Waals surface area contributed by atoms with E-state index >= 15 is 0 Å². The average molecular weight is 391 g/mol. The molecule has 0 bridgehead atoms. The molecule has 1 aromatic heterocycles. The van der Waals surface area contributed by atoms with E-state index in [1.165, 1.54) is 12.8 Å². The lowest BCUT2D eigenvalue weighted by atomic mass is 10.1. The van der Waals surface area contributed by atoms with Crippen LogP contribution in [0.15, 0.2) is 48.5 Å². The van der Waals surface area contributed by atoms with Gasteiger partial charge in [0.25, 0.3) is 0 Å². The maximum absolute atomic E-state index is 12.6. The number of carbonyl (C=O) groups is 2. The summed E-state index contributed by atoms with van der Waals surface area (Å²) in [7, 11) is 0. The van der Waals surface area contributed by atoms with Gasteiger partial charge in [0, 0.05) is 23.3 Å². The molecule has 1 fully saturated rings. The van der Waals surface area contributed by atoms with Crippen molar-refractivity contribution in [2.24, 2.45) is 0 Å². The van der Waals surface area contributed by atoms with Gasteiger partial charge in [-0.1, -0.05) is 30.3 Å². The summed E-state index contributed by atoms with van der Waals surface area (Å²) in [6.07, 6.45) is 2.34. The normalized spacial score (nSPS) is 15.3. The second-order valence-corrected chi connectivity index (χ2v) is 7.48. The molecular formula is C22H25N5O2. The molecule has 7 nitrogen and oxygen atoms in total. The number of nitrogens with zero attached hydrogens (tertiary/aromatic N) is 2. The first-order valence-corrected chi connectivity index (χ1v) is 9.94. The molecule has 1 unspecified atom stereocenters. The van der Waals surface area contributed by atoms with Crippen molar-refractivity contribution in [1.82, 2.24) is 20.4 Å². The monoisotopic (exact) mass is 391 g/mol. The van der Waals surface area contributed by atoms with Crippen molar-refractivity contribution in [3.8, 4) is 0 Å². The quantitative estimate of drug-likeness (QED) is 0.584. The van der Waals surface area contributed by atoms with Gasteiger partial charge in [-0.3, -0.25) is 14.7 Å². The van der Waals surface area contributed by atoms with Crippen LogP contribution in [0.5, 0.6) is 0 Å². The van der Waals surface area contributed by atoms with Gasteiger partial charge in [0.05, 0.1) is 11.6 Å². The Labute approximate surface area is 169 Å². The van der Waals surface area contributed by atoms with Gasteiger partial charge in [0.15, 0.2) is 0 Å². The average Bonchev–Trinajstić information content (AvgIpc) is 3.38. The second kappa shape index (κ2) is 8.45. The number of anilines is 1. The van der Waals surface area contributed by atoms with Crippen LogP contribution in [0.1, 0.15) is 30.1 Å². The molecule has 2 aromatic carbocycles. The number of H-pyrrole nitrogens is 1. The minimum absolute atomic E-state index is 0.230. The topological polar surface area (TPSA) is 90.1 Å². The summed E-state index contributed by atoms with van der Waals surface area (Å²) in [6.45, 7) is 4.66. The van der Waals surface area contributed by atoms with E-state index in [1.54, 1.807) is 6.07 Å². The van der Waals surface area contributed by atoms with Gasteiger partial charge in [0.2, 0.25) is 0 Å². The van der Waals surface area contributed by atoms with E-state index in [2.05, 4.69) is 25.7 Å². The summed E-state index contributed by atoms with van der Waals surface area (Å²) in [5, 5.41) is 13.6. The van der Waals surface area contributed by atoms with Gasteiger partial charge in [-0.15, -0.1) is 0 Å². The van der Waals surface area contributed by atoms with Crippen molar-refractivity contribution in [1.29, 1.82) is 0 Å². The second-order valence-electron chi connectivity index (χ2n) is 7.48. The third-order valence-corrected chi connectivity index (χ3v) is 5.36. The highest BCUT2D eigenvalue weighted by molar-refractivity contribution is 6.39. The predicted molar refractivity (Wildman–Crippen MR) is 112 cm³/mol. The van der Waals surface area contributed by atoms with Crippen LogP contribution in [0.2, 0.25) is 0 Å². The SMILES string of the molecule is Cc1[nH]nc2ccc(NC(=O)C(=O)NC(CN3CCCC3)c3ccccc3)cc12. The fourth-order valence-electron chi connectivity index (χ4n) is 3.77. The Balaban J connectivity index is 1.45. The maximum Gasteiger partial charge on any atom is 0.313 e. The Bertz CT molecular complexity index is 1010. The molecule has 1 aliphatic heterocycles. The molecule has 7 heteroatoms. The Morgan fingerprint density at radius 2 is 1.86 bits per heavy atom. The number of rotatable bonds is 5. The van der Waals surface area contributed by atoms with Crippen molar-refractivity contribution >= 4 is 28.4 Å². The number of carbonyl (C=O) groups excluding carboxylic acids is 2. The number of nitrogens with one attached hydrogen (secondary N) is 3. The number of amides is 2. The van der Waals surface area contributed by atoms with Crippen LogP contribution in [-0.2, 0) is 9.59 Å². The number of aryl methyl sites for hydroxylation is 1. The molecule has 29 heavy (non-hydrogen) atoms. The van der Waals surface area contributed by atoms with Crippen molar-refractivity contribution < 1.29 is 9.59 Å². The number of hydrogen-bond acceptors (Lipinski definition) is 4. The van der Waals surface area contributed by atoms with Crippen molar-refractivity contribution in [2.45, 2.75) is 25.8 Å². The van der Waals surface area contributed by atoms with Gasteiger partial charge in [-0.05, 0) is 56.6 Å². The molecule has 0 saturated carbocycles. The van der Waals surface area contributed by atoms with Crippen LogP contribution >= 0.6 is 0 Å². The van der Waals surface area contributed by atoms with Gasteiger partial charge < -0.3 is 15.5 Å². The third kappa shape index (κ3) is 4.46. The molecule has 0 radical (unpaired) electrons. The van der Waals surface area contributed by atoms with Gasteiger partial charge in [-0.2, -0.15) is 5.10 Å². The largest absolute Gasteiger partial charge is 0.340 e. The molecule has 3 aromatic rings. The van der Waals surface area contributed by atoms with E-state index in [4.69, 9.17) is 0 Å². The molecule has 2 amide bonds. The number of hydrogen-bond donors (Lipinski definition) is 3. The first kappa shape index (κ1) is 19.1. The number of benzene rings is 2. The Morgan fingerprint density at radius 1 is 1.10 bits per heavy atom. The Kier molecular flexibility index (Phi) is 5.57. The number of aromatic amines is 1. The van der Waals surface area contributed by atoms with Crippen molar-refractivity contribution in [2.75, 3.05) is 25.0 Å². The minimum atomic E-state index is -0.673. The molecule has 2 heterocycles. The fraction of sp³-hybridized carbons (Fsp3) is 0.318. The molecule has 1 aliphatic rings. The maximum atomic E-state index is 12.6. The molecule has 4 rings (SSSR count). The smallest absolute Gasteiger partial charge is 0.313 e. The number of fused-ring (bicyclic) bond motifs is 1. The fourth-order valence-corrected chi connectivity index (χ4v) is 3.77. The number of aromatic nitrogens is 2. The summed E-state index contributed by atoms with van der Waals surface area (Å²) in [4.78, 5) is 27.5. The zero-order valence-electron chi connectivity index (χ0n) is 16.4. The molecule has 1 atom stereocenters. The van der Waals surface area contributed by atoms with E-state index in [0.717, 1.165) is 35.2 Å². The molecule has 0 spiro atoms. The van der Waals surface area contributed by atoms with Crippen molar-refractivity contribution in [3.05, 3.63) is 59.8 Å². The number of likely N-dealkylation sites (tertiary alicyclic amines) is 1. The van der Waals surface area contributed by atoms with E-state index in [-0.39, 0.29) is 6.04 Å². The lowest BCUT2D eigenvalue weighted by molar-refractivity contribution is -0.136. The molecule has 3 N–H and O–H groups in total. The molecule has 1 saturated heterocycles. The van der Waals surface area contributed by atoms with E-state index in [9.17, 15) is 9.59 Å². The van der Waals surface area contributed by atoms with Crippen LogP contribution in [0.3, 0.4) is 0 Å². The summed E-state index contributed by atoms with van der Waals surface area (Å²) >= 11 is 0. The molecule has 150 valence electrons. The third-order valence-electron chi connectivity index (χ3n) is 5.36. The zero-order chi connectivity index (χ0) is 20.2. The summed E-state index contributed by atoms with van der Waals surface area (Å²) in [5.41, 5.74) is 3.30. The van der Waals surface area contributed by atoms with E-state index < -0.39 is 11.8 Å². The Morgan fingerprint density at radius 3 is 2.62 bits per heavy atom. The van der Waals surface area contributed by atoms with Crippen LogP contribution in [0.4, 0.5) is 5.69 Å². The van der Waals surface area contributed by atoms with Crippen LogP contribution in [0.25, 0.3) is 10.9 Å². The summed E-state index contributed by atoms with van der Waals surface area (Å²) < 4.78 is 0. The zero-order valence-corrected chi connectivity index (χ0v) is 16.4. The first-order valence-electron chi connectivity index (χ1n) is 9.94. The lowest BCUT2D eigenvalue weighted by Gasteiger charge is -2.24. The predicted octanol–water partition coefficient (Wildman–Crippen LogP) is 2.76. The highest BCUT2D eigenvalue weighted by atomic mass is 16.2. The lowest BCUT2D eigenvalue weighted by Crippen LogP contribution is -2.42. The van der Waals surface area contributed by atoms with Crippen LogP contribution in [-0.4, -0.2) is 46.5 Å². The Hall–Kier alpha value is -3.19. The molecular weight excluding hydrogens is 366 g/mol. The standard InChI is InChI=1S/C22H25N5O2/c1-15-18-13-17(9-10-19(18)26-25-15)23-21(28)22(29)24-20(14-27-11-5-6-12-27)16-7-3-2-4-8-16/h2-4,7-10,13,20H,5-6,11-12,14H2,1H3,(H,23,28)(H,24,29)(H,25,26). The highest BCUT2D eigenvalue weighted by Crippen LogP contribution is 2.21. The molecule has 0 aliphatic carbocycles.